The summed E-state index contributed by atoms with van der Waals surface area (Å²) in [6, 6.07) is 13.8. The van der Waals surface area contributed by atoms with E-state index in [0.29, 0.717) is 16.6 Å². The number of aliphatic hydroxyl groups excluding tert-OH is 1. The molecule has 1 unspecified atom stereocenters. The molecule has 3 rings (SSSR count). The van der Waals surface area contributed by atoms with Gasteiger partial charge in [-0.1, -0.05) is 41.4 Å². The third kappa shape index (κ3) is 6.36. The number of nitrogens with zero attached hydrogens (tertiary/aromatic N) is 2. The Morgan fingerprint density at radius 2 is 1.79 bits per heavy atom. The molecule has 0 spiro atoms. The number of methoxy groups -OCH3 is 1. The summed E-state index contributed by atoms with van der Waals surface area (Å²) < 4.78 is 5.18. The van der Waals surface area contributed by atoms with Crippen molar-refractivity contribution in [3.8, 4) is 5.75 Å². The molecule has 0 bridgehead atoms. The van der Waals surface area contributed by atoms with Crippen LogP contribution >= 0.6 is 23.2 Å². The normalized spacial score (nSPS) is 16.9. The Morgan fingerprint density at radius 3 is 2.43 bits per heavy atom. The van der Waals surface area contributed by atoms with E-state index in [9.17, 15) is 5.11 Å². The molecule has 2 aromatic carbocycles. The van der Waals surface area contributed by atoms with Crippen molar-refractivity contribution in [1.82, 2.24) is 9.80 Å². The fraction of sp³-hybridized carbons (Fsp3) is 0.409. The second-order valence-electron chi connectivity index (χ2n) is 7.20. The van der Waals surface area contributed by atoms with Crippen LogP contribution in [0.25, 0.3) is 0 Å². The van der Waals surface area contributed by atoms with Crippen molar-refractivity contribution >= 4 is 23.2 Å². The van der Waals surface area contributed by atoms with E-state index < -0.39 is 0 Å². The SMILES string of the molecule is COc1ccc(CCC(O)CN2C[CH]N(Cc3ccc(Cl)c(Cl)c3)CC2)cc1. The molecule has 4 nitrogen and oxygen atoms in total. The third-order valence-corrected chi connectivity index (χ3v) is 5.80. The van der Waals surface area contributed by atoms with Crippen molar-refractivity contribution in [3.63, 3.8) is 0 Å². The molecule has 1 aliphatic heterocycles. The molecule has 0 aromatic heterocycles. The lowest BCUT2D eigenvalue weighted by Gasteiger charge is -2.35. The first kappa shape index (κ1) is 21.4. The van der Waals surface area contributed by atoms with Gasteiger partial charge < -0.3 is 9.84 Å². The maximum atomic E-state index is 10.4. The van der Waals surface area contributed by atoms with Crippen LogP contribution in [0.2, 0.25) is 10.0 Å². The fourth-order valence-corrected chi connectivity index (χ4v) is 3.70. The zero-order valence-corrected chi connectivity index (χ0v) is 17.7. The van der Waals surface area contributed by atoms with E-state index in [-0.39, 0.29) is 6.10 Å². The molecule has 1 heterocycles. The van der Waals surface area contributed by atoms with Crippen LogP contribution in [0.4, 0.5) is 0 Å². The summed E-state index contributed by atoms with van der Waals surface area (Å²) >= 11 is 12.1. The first-order valence-corrected chi connectivity index (χ1v) is 10.3. The van der Waals surface area contributed by atoms with Gasteiger partial charge in [-0.15, -0.1) is 0 Å². The largest absolute Gasteiger partial charge is 0.497 e. The summed E-state index contributed by atoms with van der Waals surface area (Å²) in [6.45, 7) is 6.45. The molecule has 1 N–H and O–H groups in total. The summed E-state index contributed by atoms with van der Waals surface area (Å²) in [6.07, 6.45) is 1.30. The Kier molecular flexibility index (Phi) is 8.00. The van der Waals surface area contributed by atoms with Crippen LogP contribution in [-0.4, -0.2) is 54.3 Å². The van der Waals surface area contributed by atoms with Crippen molar-refractivity contribution in [2.24, 2.45) is 0 Å². The Labute approximate surface area is 177 Å². The molecule has 151 valence electrons. The van der Waals surface area contributed by atoms with E-state index >= 15 is 0 Å². The second-order valence-corrected chi connectivity index (χ2v) is 8.02. The van der Waals surface area contributed by atoms with Crippen LogP contribution in [-0.2, 0) is 13.0 Å². The summed E-state index contributed by atoms with van der Waals surface area (Å²) in [5.41, 5.74) is 2.37. The Hall–Kier alpha value is -1.30. The third-order valence-electron chi connectivity index (χ3n) is 5.07. The molecule has 0 saturated carbocycles. The Bertz CT molecular complexity index is 747. The lowest BCUT2D eigenvalue weighted by Crippen LogP contribution is -2.45. The first-order valence-electron chi connectivity index (χ1n) is 9.58. The Morgan fingerprint density at radius 1 is 1.04 bits per heavy atom. The van der Waals surface area contributed by atoms with Gasteiger partial charge in [0.25, 0.3) is 0 Å². The van der Waals surface area contributed by atoms with Crippen molar-refractivity contribution in [1.29, 1.82) is 0 Å². The zero-order chi connectivity index (χ0) is 19.9. The van der Waals surface area contributed by atoms with E-state index in [0.717, 1.165) is 50.3 Å². The molecule has 6 heteroatoms. The van der Waals surface area contributed by atoms with Gasteiger partial charge in [-0.25, -0.2) is 0 Å². The van der Waals surface area contributed by atoms with Gasteiger partial charge in [0.15, 0.2) is 0 Å². The maximum Gasteiger partial charge on any atom is 0.118 e. The van der Waals surface area contributed by atoms with E-state index in [1.54, 1.807) is 7.11 Å². The molecule has 1 atom stereocenters. The van der Waals surface area contributed by atoms with E-state index in [2.05, 4.69) is 28.5 Å². The number of benzene rings is 2. The summed E-state index contributed by atoms with van der Waals surface area (Å²) in [7, 11) is 1.67. The maximum absolute atomic E-state index is 10.4. The minimum absolute atomic E-state index is 0.322. The number of aryl methyl sites for hydroxylation is 1. The molecular weight excluding hydrogens is 395 g/mol. The summed E-state index contributed by atoms with van der Waals surface area (Å²) in [5.74, 6) is 0.860. The summed E-state index contributed by atoms with van der Waals surface area (Å²) in [5, 5.41) is 11.6. The predicted octanol–water partition coefficient (Wildman–Crippen LogP) is 4.28. The minimum atomic E-state index is -0.322. The zero-order valence-electron chi connectivity index (χ0n) is 16.2. The van der Waals surface area contributed by atoms with E-state index in [1.807, 2.05) is 30.3 Å². The van der Waals surface area contributed by atoms with E-state index in [1.165, 1.54) is 5.56 Å². The van der Waals surface area contributed by atoms with Crippen LogP contribution in [0.3, 0.4) is 0 Å². The van der Waals surface area contributed by atoms with Crippen molar-refractivity contribution in [3.05, 3.63) is 70.2 Å². The van der Waals surface area contributed by atoms with Gasteiger partial charge in [0.1, 0.15) is 5.75 Å². The highest BCUT2D eigenvalue weighted by Crippen LogP contribution is 2.24. The fourth-order valence-electron chi connectivity index (χ4n) is 3.38. The van der Waals surface area contributed by atoms with Gasteiger partial charge >= 0.3 is 0 Å². The molecule has 0 aliphatic carbocycles. The second kappa shape index (κ2) is 10.5. The quantitative estimate of drug-likeness (QED) is 0.689. The number of hydrogen-bond donors (Lipinski definition) is 1. The molecule has 28 heavy (non-hydrogen) atoms. The highest BCUT2D eigenvalue weighted by molar-refractivity contribution is 6.42. The van der Waals surface area contributed by atoms with Crippen LogP contribution in [0.5, 0.6) is 5.75 Å². The molecule has 2 aromatic rings. The number of aliphatic hydroxyl groups is 1. The average molecular weight is 422 g/mol. The lowest BCUT2D eigenvalue weighted by molar-refractivity contribution is 0.0825. The van der Waals surface area contributed by atoms with E-state index in [4.69, 9.17) is 27.9 Å². The van der Waals surface area contributed by atoms with Crippen LogP contribution < -0.4 is 4.74 Å². The van der Waals surface area contributed by atoms with Gasteiger partial charge in [-0.2, -0.15) is 0 Å². The highest BCUT2D eigenvalue weighted by Gasteiger charge is 2.20. The van der Waals surface area contributed by atoms with Crippen LogP contribution in [0.1, 0.15) is 17.5 Å². The molecule has 1 aliphatic rings. The number of rotatable bonds is 8. The smallest absolute Gasteiger partial charge is 0.118 e. The van der Waals surface area contributed by atoms with Gasteiger partial charge in [0.2, 0.25) is 0 Å². The monoisotopic (exact) mass is 421 g/mol. The molecule has 1 saturated heterocycles. The van der Waals surface area contributed by atoms with Crippen molar-refractivity contribution in [2.75, 3.05) is 33.3 Å². The molecule has 1 radical (unpaired) electrons. The van der Waals surface area contributed by atoms with Gasteiger partial charge in [0.05, 0.1) is 23.3 Å². The van der Waals surface area contributed by atoms with Crippen LogP contribution in [0.15, 0.2) is 42.5 Å². The molecular formula is C22H27Cl2N2O2. The molecule has 0 amide bonds. The standard InChI is InChI=1S/C22H27Cl2N2O2/c1-28-20-7-3-17(4-8-20)2-6-19(27)16-26-12-10-25(11-13-26)15-18-5-9-21(23)22(24)14-18/h3-5,7-10,14,19,27H,2,6,11-13,15-16H2,1H3. The number of hydrogen-bond acceptors (Lipinski definition) is 4. The number of β-amino-alcohol motifs (C(OH)–C–C–N with tert-alkyl or cyclic N) is 1. The first-order chi connectivity index (χ1) is 13.5. The number of piperazine rings is 1. The van der Waals surface area contributed by atoms with Gasteiger partial charge in [-0.3, -0.25) is 9.80 Å². The van der Waals surface area contributed by atoms with Crippen molar-refractivity contribution in [2.45, 2.75) is 25.5 Å². The average Bonchev–Trinajstić information content (AvgIpc) is 2.71. The van der Waals surface area contributed by atoms with Gasteiger partial charge in [0, 0.05) is 39.3 Å². The predicted molar refractivity (Wildman–Crippen MR) is 115 cm³/mol. The topological polar surface area (TPSA) is 35.9 Å². The summed E-state index contributed by atoms with van der Waals surface area (Å²) in [4.78, 5) is 4.59. The number of halogens is 2. The Balaban J connectivity index is 1.37. The number of ether oxygens (including phenoxy) is 1. The lowest BCUT2D eigenvalue weighted by atomic mass is 10.1. The van der Waals surface area contributed by atoms with Crippen molar-refractivity contribution < 1.29 is 9.84 Å². The molecule has 1 fully saturated rings. The highest BCUT2D eigenvalue weighted by atomic mass is 35.5. The van der Waals surface area contributed by atoms with Crippen LogP contribution in [0, 0.1) is 6.54 Å². The van der Waals surface area contributed by atoms with Gasteiger partial charge in [-0.05, 0) is 48.2 Å². The minimum Gasteiger partial charge on any atom is -0.497 e.